The summed E-state index contributed by atoms with van der Waals surface area (Å²) < 4.78 is 8.36. The van der Waals surface area contributed by atoms with E-state index in [1.165, 1.54) is 9.13 Å². The van der Waals surface area contributed by atoms with E-state index in [1.807, 2.05) is 43.9 Å². The molecule has 0 bridgehead atoms. The number of hydrogen-bond acceptors (Lipinski definition) is 8. The lowest BCUT2D eigenvalue weighted by Gasteiger charge is -2.38. The number of imidazole rings is 1. The summed E-state index contributed by atoms with van der Waals surface area (Å²) in [7, 11) is 1.68. The van der Waals surface area contributed by atoms with E-state index in [1.54, 1.807) is 7.05 Å². The summed E-state index contributed by atoms with van der Waals surface area (Å²) in [5.41, 5.74) is 1.49. The highest BCUT2D eigenvalue weighted by atomic mass is 16.6. The molecule has 3 saturated heterocycles. The number of piperazine rings is 1. The maximum absolute atomic E-state index is 13.1. The second-order valence-electron chi connectivity index (χ2n) is 12.4. The van der Waals surface area contributed by atoms with Gasteiger partial charge in [-0.15, -0.1) is 0 Å². The molecule has 42 heavy (non-hydrogen) atoms. The molecule has 0 saturated carbocycles. The van der Waals surface area contributed by atoms with Crippen molar-refractivity contribution in [1.29, 1.82) is 0 Å². The number of rotatable bonds is 5. The van der Waals surface area contributed by atoms with E-state index in [9.17, 15) is 24.0 Å². The van der Waals surface area contributed by atoms with E-state index in [2.05, 4.69) is 20.4 Å². The molecule has 0 spiro atoms. The molecule has 13 heteroatoms. The van der Waals surface area contributed by atoms with Crippen LogP contribution in [-0.4, -0.2) is 100 Å². The predicted octanol–water partition coefficient (Wildman–Crippen LogP) is 0.955. The summed E-state index contributed by atoms with van der Waals surface area (Å²) in [6.07, 6.45) is 1.64. The van der Waals surface area contributed by atoms with E-state index in [0.717, 1.165) is 31.6 Å². The highest BCUT2D eigenvalue weighted by Gasteiger charge is 2.32. The van der Waals surface area contributed by atoms with Gasteiger partial charge in [-0.25, -0.2) is 9.59 Å². The first-order valence-corrected chi connectivity index (χ1v) is 14.7. The molecule has 228 valence electrons. The lowest BCUT2D eigenvalue weighted by atomic mass is 10.1. The van der Waals surface area contributed by atoms with E-state index in [0.29, 0.717) is 50.2 Å². The molecule has 3 aliphatic heterocycles. The lowest BCUT2D eigenvalue weighted by Crippen LogP contribution is -2.53. The van der Waals surface area contributed by atoms with Crippen molar-refractivity contribution in [2.75, 3.05) is 50.7 Å². The van der Waals surface area contributed by atoms with Gasteiger partial charge in [-0.3, -0.25) is 33.7 Å². The van der Waals surface area contributed by atoms with Gasteiger partial charge in [0.25, 0.3) is 0 Å². The van der Waals surface area contributed by atoms with Gasteiger partial charge in [-0.2, -0.15) is 0 Å². The SMILES string of the molecule is Cn1c(=O)n(C2CCC(=O)NC2=O)c2ccc(N3CCN(C(=O)CN4CCC(NC(=O)OC(C)(C)C)CC4)CC3)cc21. The quantitative estimate of drug-likeness (QED) is 0.497. The van der Waals surface area contributed by atoms with Gasteiger partial charge in [-0.1, -0.05) is 0 Å². The highest BCUT2D eigenvalue weighted by Crippen LogP contribution is 2.27. The van der Waals surface area contributed by atoms with Gasteiger partial charge in [0.05, 0.1) is 17.6 Å². The molecule has 2 aromatic rings. The molecule has 0 radical (unpaired) electrons. The second kappa shape index (κ2) is 11.8. The Morgan fingerprint density at radius 3 is 2.31 bits per heavy atom. The predicted molar refractivity (Wildman–Crippen MR) is 156 cm³/mol. The molecule has 4 heterocycles. The number of nitrogens with one attached hydrogen (secondary N) is 2. The lowest BCUT2D eigenvalue weighted by molar-refractivity contribution is -0.136. The van der Waals surface area contributed by atoms with Crippen molar-refractivity contribution in [3.63, 3.8) is 0 Å². The fraction of sp³-hybridized carbons (Fsp3) is 0.621. The maximum atomic E-state index is 13.1. The summed E-state index contributed by atoms with van der Waals surface area (Å²) in [6, 6.07) is 5.08. The Balaban J connectivity index is 1.14. The van der Waals surface area contributed by atoms with Crippen LogP contribution < -0.4 is 21.2 Å². The van der Waals surface area contributed by atoms with Gasteiger partial charge >= 0.3 is 11.8 Å². The summed E-state index contributed by atoms with van der Waals surface area (Å²) in [6.45, 7) is 9.90. The van der Waals surface area contributed by atoms with Gasteiger partial charge < -0.3 is 19.9 Å². The van der Waals surface area contributed by atoms with Crippen molar-refractivity contribution in [2.45, 2.75) is 64.1 Å². The zero-order valence-electron chi connectivity index (χ0n) is 24.9. The van der Waals surface area contributed by atoms with Crippen molar-refractivity contribution in [2.24, 2.45) is 7.05 Å². The number of fused-ring (bicyclic) bond motifs is 1. The van der Waals surface area contributed by atoms with Crippen LogP contribution in [-0.2, 0) is 26.2 Å². The van der Waals surface area contributed by atoms with Gasteiger partial charge in [0.15, 0.2) is 0 Å². The Bertz CT molecular complexity index is 1420. The molecule has 1 aromatic carbocycles. The third-order valence-electron chi connectivity index (χ3n) is 8.26. The smallest absolute Gasteiger partial charge is 0.407 e. The zero-order chi connectivity index (χ0) is 30.2. The average molecular weight is 584 g/mol. The highest BCUT2D eigenvalue weighted by molar-refractivity contribution is 6.00. The number of imide groups is 1. The monoisotopic (exact) mass is 583 g/mol. The molecule has 13 nitrogen and oxygen atoms in total. The summed E-state index contributed by atoms with van der Waals surface area (Å²) in [5.74, 6) is -0.665. The largest absolute Gasteiger partial charge is 0.444 e. The Hall–Kier alpha value is -3.87. The third-order valence-corrected chi connectivity index (χ3v) is 8.26. The minimum Gasteiger partial charge on any atom is -0.444 e. The maximum Gasteiger partial charge on any atom is 0.407 e. The van der Waals surface area contributed by atoms with Gasteiger partial charge in [0.2, 0.25) is 17.7 Å². The number of hydrogen-bond donors (Lipinski definition) is 2. The Morgan fingerprint density at radius 2 is 1.67 bits per heavy atom. The van der Waals surface area contributed by atoms with Gasteiger partial charge in [0.1, 0.15) is 11.6 Å². The van der Waals surface area contributed by atoms with E-state index >= 15 is 0 Å². The van der Waals surface area contributed by atoms with E-state index in [4.69, 9.17) is 4.74 Å². The van der Waals surface area contributed by atoms with Crippen molar-refractivity contribution in [3.05, 3.63) is 28.7 Å². The van der Waals surface area contributed by atoms with Crippen molar-refractivity contribution >= 4 is 40.5 Å². The van der Waals surface area contributed by atoms with Crippen molar-refractivity contribution < 1.29 is 23.9 Å². The number of alkyl carbamates (subject to hydrolysis) is 1. The fourth-order valence-corrected chi connectivity index (χ4v) is 5.99. The minimum atomic E-state index is -0.716. The molecule has 4 amide bonds. The van der Waals surface area contributed by atoms with Gasteiger partial charge in [0, 0.05) is 64.5 Å². The second-order valence-corrected chi connectivity index (χ2v) is 12.4. The zero-order valence-corrected chi connectivity index (χ0v) is 24.9. The number of carbonyl (C=O) groups excluding carboxylic acids is 4. The van der Waals surface area contributed by atoms with Crippen LogP contribution in [0.5, 0.6) is 0 Å². The topological polar surface area (TPSA) is 138 Å². The van der Waals surface area contributed by atoms with Crippen molar-refractivity contribution in [1.82, 2.24) is 29.6 Å². The number of ether oxygens (including phenoxy) is 1. The van der Waals surface area contributed by atoms with Crippen LogP contribution in [0.3, 0.4) is 0 Å². The van der Waals surface area contributed by atoms with E-state index in [-0.39, 0.29) is 30.0 Å². The number of aryl methyl sites for hydroxylation is 1. The Kier molecular flexibility index (Phi) is 8.31. The van der Waals surface area contributed by atoms with Crippen LogP contribution in [0, 0.1) is 0 Å². The number of anilines is 1. The molecule has 1 unspecified atom stereocenters. The number of nitrogens with zero attached hydrogens (tertiary/aromatic N) is 5. The number of carbonyl (C=O) groups is 4. The standard InChI is InChI=1S/C29H41N7O6/c1-29(2,3)42-27(40)30-19-9-11-33(12-10-19)18-25(38)35-15-13-34(14-16-35)20-5-6-21-23(17-20)32(4)28(41)36(21)22-7-8-24(37)31-26(22)39/h5-6,17,19,22H,7-16,18H2,1-4H3,(H,30,40)(H,31,37,39). The molecule has 5 rings (SSSR count). The fourth-order valence-electron chi connectivity index (χ4n) is 5.99. The number of likely N-dealkylation sites (tertiary alicyclic amines) is 1. The summed E-state index contributed by atoms with van der Waals surface area (Å²) in [5, 5.41) is 5.27. The minimum absolute atomic E-state index is 0.0486. The first kappa shape index (κ1) is 29.6. The molecule has 3 fully saturated rings. The molecular formula is C29H41N7O6. The molecule has 1 aromatic heterocycles. The number of aromatic nitrogens is 2. The summed E-state index contributed by atoms with van der Waals surface area (Å²) >= 11 is 0. The normalized spacial score (nSPS) is 21.0. The first-order chi connectivity index (χ1) is 19.9. The summed E-state index contributed by atoms with van der Waals surface area (Å²) in [4.78, 5) is 68.5. The van der Waals surface area contributed by atoms with Crippen LogP contribution in [0.1, 0.15) is 52.5 Å². The van der Waals surface area contributed by atoms with Crippen LogP contribution in [0.4, 0.5) is 10.5 Å². The molecule has 0 aliphatic carbocycles. The average Bonchev–Trinajstić information content (AvgIpc) is 3.18. The number of amides is 4. The van der Waals surface area contributed by atoms with Crippen LogP contribution in [0.2, 0.25) is 0 Å². The third kappa shape index (κ3) is 6.45. The van der Waals surface area contributed by atoms with Crippen LogP contribution in [0.25, 0.3) is 11.0 Å². The molecule has 3 aliphatic rings. The molecular weight excluding hydrogens is 542 g/mol. The Labute approximate surface area is 244 Å². The molecule has 1 atom stereocenters. The Morgan fingerprint density at radius 1 is 0.976 bits per heavy atom. The number of benzene rings is 1. The number of piperidine rings is 2. The van der Waals surface area contributed by atoms with Crippen molar-refractivity contribution in [3.8, 4) is 0 Å². The van der Waals surface area contributed by atoms with E-state index < -0.39 is 23.6 Å². The molecule has 2 N–H and O–H groups in total. The van der Waals surface area contributed by atoms with Crippen LogP contribution in [0.15, 0.2) is 23.0 Å². The van der Waals surface area contributed by atoms with Gasteiger partial charge in [-0.05, 0) is 58.2 Å². The first-order valence-electron chi connectivity index (χ1n) is 14.7. The van der Waals surface area contributed by atoms with Crippen LogP contribution >= 0.6 is 0 Å².